The minimum absolute atomic E-state index is 0.647. The summed E-state index contributed by atoms with van der Waals surface area (Å²) in [5.74, 6) is 2.69. The van der Waals surface area contributed by atoms with Crippen molar-refractivity contribution in [3.63, 3.8) is 0 Å². The Kier molecular flexibility index (Phi) is 6.60. The first kappa shape index (κ1) is 30.9. The quantitative estimate of drug-likeness (QED) is 0.154. The molecule has 0 unspecified atom stereocenters. The summed E-state index contributed by atoms with van der Waals surface area (Å²) < 4.78 is 13.6. The van der Waals surface area contributed by atoms with Crippen molar-refractivity contribution in [2.45, 2.75) is 0 Å². The maximum atomic E-state index is 6.80. The van der Waals surface area contributed by atoms with Gasteiger partial charge in [-0.15, -0.1) is 0 Å². The lowest BCUT2D eigenvalue weighted by Gasteiger charge is -2.25. The van der Waals surface area contributed by atoms with Gasteiger partial charge in [0, 0.05) is 34.3 Å². The van der Waals surface area contributed by atoms with Crippen LogP contribution >= 0.6 is 0 Å². The van der Waals surface area contributed by atoms with Gasteiger partial charge in [0.15, 0.2) is 11.5 Å². The fourth-order valence-electron chi connectivity index (χ4n) is 8.91. The van der Waals surface area contributed by atoms with Gasteiger partial charge >= 0.3 is 0 Å². The SMILES string of the molecule is c1ccc(N(c2ccc(-c3ccc(N(c4ccccc4)c4ccc5ccc6cccc7ccc4c5c67)o3)o2)c2ccc3ccc4cccc5ccc2c3c45)cc1. The third-order valence-corrected chi connectivity index (χ3v) is 11.4. The largest absolute Gasteiger partial charge is 0.437 e. The van der Waals surface area contributed by atoms with Crippen LogP contribution in [0.5, 0.6) is 0 Å². The van der Waals surface area contributed by atoms with Crippen LogP contribution in [0.3, 0.4) is 0 Å². The normalized spacial score (nSPS) is 11.9. The van der Waals surface area contributed by atoms with Crippen molar-refractivity contribution in [2.75, 3.05) is 9.80 Å². The van der Waals surface area contributed by atoms with Crippen LogP contribution in [0.15, 0.2) is 203 Å². The second-order valence-corrected chi connectivity index (χ2v) is 14.5. The van der Waals surface area contributed by atoms with Crippen molar-refractivity contribution in [1.29, 1.82) is 0 Å². The Hall–Kier alpha value is -7.56. The third-order valence-electron chi connectivity index (χ3n) is 11.4. The van der Waals surface area contributed by atoms with Gasteiger partial charge in [-0.05, 0) is 102 Å². The Morgan fingerprint density at radius 3 is 1.04 bits per heavy atom. The molecular weight excluding hydrogens is 685 g/mol. The van der Waals surface area contributed by atoms with E-state index >= 15 is 0 Å². The van der Waals surface area contributed by atoms with Crippen LogP contribution in [0.2, 0.25) is 0 Å². The summed E-state index contributed by atoms with van der Waals surface area (Å²) in [6.45, 7) is 0. The lowest BCUT2D eigenvalue weighted by molar-refractivity contribution is 0.532. The second kappa shape index (κ2) is 12.0. The number of para-hydroxylation sites is 2. The zero-order chi connectivity index (χ0) is 36.7. The molecule has 4 heteroatoms. The molecular formula is C52H32N2O2. The number of furan rings is 2. The second-order valence-electron chi connectivity index (χ2n) is 14.5. The smallest absolute Gasteiger partial charge is 0.205 e. The standard InChI is InChI=1S/C52H32N2O2/c1-3-13-39(14-4-1)53(43-27-23-37-19-17-33-9-7-11-35-21-25-41(43)51(37)49(33)35)47-31-29-45(55-47)46-30-32-48(56-46)54(40-15-5-2-6-16-40)44-28-24-38-20-18-34-10-8-12-36-22-26-42(44)52(38)50(34)36/h1-32H. The molecule has 0 bridgehead atoms. The summed E-state index contributed by atoms with van der Waals surface area (Å²) >= 11 is 0. The Bertz CT molecular complexity index is 3120. The zero-order valence-electron chi connectivity index (χ0n) is 30.2. The molecule has 0 fully saturated rings. The fourth-order valence-corrected chi connectivity index (χ4v) is 8.91. The molecule has 0 aliphatic heterocycles. The molecule has 0 aliphatic rings. The molecule has 0 N–H and O–H groups in total. The van der Waals surface area contributed by atoms with E-state index in [9.17, 15) is 0 Å². The van der Waals surface area contributed by atoms with Gasteiger partial charge in [-0.2, -0.15) is 0 Å². The summed E-state index contributed by atoms with van der Waals surface area (Å²) in [5, 5.41) is 14.8. The fraction of sp³-hybridized carbons (Fsp3) is 0. The molecule has 0 saturated heterocycles. The molecule has 2 aromatic heterocycles. The average molecular weight is 717 g/mol. The molecule has 12 rings (SSSR count). The van der Waals surface area contributed by atoms with Gasteiger partial charge in [0.05, 0.1) is 11.4 Å². The Morgan fingerprint density at radius 2 is 0.625 bits per heavy atom. The highest BCUT2D eigenvalue weighted by Gasteiger charge is 2.24. The van der Waals surface area contributed by atoms with Gasteiger partial charge in [0.25, 0.3) is 0 Å². The number of hydrogen-bond acceptors (Lipinski definition) is 4. The van der Waals surface area contributed by atoms with Crippen LogP contribution in [0.25, 0.3) is 76.2 Å². The van der Waals surface area contributed by atoms with E-state index in [1.165, 1.54) is 64.6 Å². The molecule has 2 heterocycles. The van der Waals surface area contributed by atoms with E-state index in [0.29, 0.717) is 23.3 Å². The van der Waals surface area contributed by atoms with Crippen molar-refractivity contribution in [1.82, 2.24) is 0 Å². The molecule has 10 aromatic carbocycles. The first-order valence-corrected chi connectivity index (χ1v) is 19.0. The van der Waals surface area contributed by atoms with Crippen LogP contribution in [-0.2, 0) is 0 Å². The van der Waals surface area contributed by atoms with E-state index in [-0.39, 0.29) is 0 Å². The van der Waals surface area contributed by atoms with Crippen molar-refractivity contribution < 1.29 is 8.83 Å². The first-order valence-electron chi connectivity index (χ1n) is 19.0. The van der Waals surface area contributed by atoms with Crippen LogP contribution < -0.4 is 9.80 Å². The highest BCUT2D eigenvalue weighted by atomic mass is 16.4. The maximum Gasteiger partial charge on any atom is 0.205 e. The van der Waals surface area contributed by atoms with Crippen LogP contribution in [-0.4, -0.2) is 0 Å². The van der Waals surface area contributed by atoms with Crippen LogP contribution in [0.1, 0.15) is 0 Å². The lowest BCUT2D eigenvalue weighted by atomic mass is 9.93. The van der Waals surface area contributed by atoms with E-state index in [2.05, 4.69) is 168 Å². The molecule has 0 aliphatic carbocycles. The van der Waals surface area contributed by atoms with E-state index in [4.69, 9.17) is 8.83 Å². The molecule has 0 amide bonds. The van der Waals surface area contributed by atoms with Gasteiger partial charge < -0.3 is 8.83 Å². The van der Waals surface area contributed by atoms with Crippen molar-refractivity contribution in [3.05, 3.63) is 194 Å². The summed E-state index contributed by atoms with van der Waals surface area (Å²) in [6, 6.07) is 68.7. The van der Waals surface area contributed by atoms with Gasteiger partial charge in [0.2, 0.25) is 11.8 Å². The van der Waals surface area contributed by atoms with Crippen molar-refractivity contribution in [2.24, 2.45) is 0 Å². The lowest BCUT2D eigenvalue weighted by Crippen LogP contribution is -2.09. The highest BCUT2D eigenvalue weighted by Crippen LogP contribution is 2.47. The topological polar surface area (TPSA) is 32.8 Å². The average Bonchev–Trinajstić information content (AvgIpc) is 3.95. The monoisotopic (exact) mass is 716 g/mol. The number of nitrogens with zero attached hydrogens (tertiary/aromatic N) is 2. The van der Waals surface area contributed by atoms with Gasteiger partial charge in [-0.25, -0.2) is 0 Å². The Balaban J connectivity index is 0.992. The maximum absolute atomic E-state index is 6.80. The van der Waals surface area contributed by atoms with Crippen molar-refractivity contribution in [3.8, 4) is 11.5 Å². The van der Waals surface area contributed by atoms with Crippen LogP contribution in [0, 0.1) is 0 Å². The molecule has 4 nitrogen and oxygen atoms in total. The van der Waals surface area contributed by atoms with E-state index in [0.717, 1.165) is 22.7 Å². The van der Waals surface area contributed by atoms with Gasteiger partial charge in [-0.3, -0.25) is 9.80 Å². The predicted octanol–water partition coefficient (Wildman–Crippen LogP) is 15.3. The van der Waals surface area contributed by atoms with E-state index in [1.807, 2.05) is 36.4 Å². The molecule has 12 aromatic rings. The molecule has 0 atom stereocenters. The summed E-state index contributed by atoms with van der Waals surface area (Å²) in [5.41, 5.74) is 4.11. The highest BCUT2D eigenvalue weighted by molar-refractivity contribution is 6.27. The minimum atomic E-state index is 0.647. The predicted molar refractivity (Wildman–Crippen MR) is 233 cm³/mol. The Labute approximate surface area is 322 Å². The summed E-state index contributed by atoms with van der Waals surface area (Å²) in [6.07, 6.45) is 0. The number of anilines is 6. The van der Waals surface area contributed by atoms with Gasteiger partial charge in [-0.1, -0.05) is 133 Å². The summed E-state index contributed by atoms with van der Waals surface area (Å²) in [4.78, 5) is 4.42. The van der Waals surface area contributed by atoms with Crippen molar-refractivity contribution >= 4 is 99.2 Å². The number of rotatable bonds is 7. The van der Waals surface area contributed by atoms with Crippen LogP contribution in [0.4, 0.5) is 34.5 Å². The van der Waals surface area contributed by atoms with E-state index < -0.39 is 0 Å². The molecule has 56 heavy (non-hydrogen) atoms. The Morgan fingerprint density at radius 1 is 0.268 bits per heavy atom. The zero-order valence-corrected chi connectivity index (χ0v) is 30.2. The molecule has 0 saturated carbocycles. The third kappa shape index (κ3) is 4.60. The van der Waals surface area contributed by atoms with Gasteiger partial charge in [0.1, 0.15) is 0 Å². The number of hydrogen-bond donors (Lipinski definition) is 0. The molecule has 0 spiro atoms. The minimum Gasteiger partial charge on any atom is -0.437 e. The molecule has 0 radical (unpaired) electrons. The molecule has 262 valence electrons. The summed E-state index contributed by atoms with van der Waals surface area (Å²) in [7, 11) is 0. The number of benzene rings is 10. The van der Waals surface area contributed by atoms with E-state index in [1.54, 1.807) is 0 Å². The first-order chi connectivity index (χ1) is 27.8.